The van der Waals surface area contributed by atoms with Crippen molar-refractivity contribution in [1.29, 1.82) is 0 Å². The lowest BCUT2D eigenvalue weighted by molar-refractivity contribution is 0.0602. The first-order chi connectivity index (χ1) is 9.11. The number of thiazole rings is 1. The van der Waals surface area contributed by atoms with Gasteiger partial charge in [-0.25, -0.2) is 9.78 Å². The number of carbonyl (C=O) groups excluding carboxylic acids is 2. The maximum Gasteiger partial charge on any atom is 0.339 e. The summed E-state index contributed by atoms with van der Waals surface area (Å²) < 4.78 is 4.64. The fourth-order valence-corrected chi connectivity index (χ4v) is 2.12. The highest BCUT2D eigenvalue weighted by molar-refractivity contribution is 7.07. The summed E-state index contributed by atoms with van der Waals surface area (Å²) in [5.74, 6) is -0.959. The molecule has 1 amide bonds. The number of nitrogens with one attached hydrogen (secondary N) is 1. The summed E-state index contributed by atoms with van der Waals surface area (Å²) in [5, 5.41) is 4.60. The van der Waals surface area contributed by atoms with Gasteiger partial charge in [-0.15, -0.1) is 11.3 Å². The Balaban J connectivity index is 2.31. The first-order valence-electron chi connectivity index (χ1n) is 5.19. The monoisotopic (exact) mass is 296 g/mol. The zero-order valence-electron chi connectivity index (χ0n) is 9.84. The van der Waals surface area contributed by atoms with E-state index in [4.69, 9.17) is 11.6 Å². The number of aromatic nitrogens is 1. The van der Waals surface area contributed by atoms with E-state index in [1.165, 1.54) is 30.6 Å². The van der Waals surface area contributed by atoms with E-state index in [0.717, 1.165) is 0 Å². The predicted molar refractivity (Wildman–Crippen MR) is 72.9 cm³/mol. The minimum atomic E-state index is -0.551. The summed E-state index contributed by atoms with van der Waals surface area (Å²) >= 11 is 7.16. The minimum absolute atomic E-state index is 0.232. The number of anilines is 1. The predicted octanol–water partition coefficient (Wildman–Crippen LogP) is 2.84. The van der Waals surface area contributed by atoms with Crippen LogP contribution in [0.4, 0.5) is 5.69 Å². The molecule has 0 aliphatic heterocycles. The molecule has 19 heavy (non-hydrogen) atoms. The van der Waals surface area contributed by atoms with Crippen LogP contribution in [0.25, 0.3) is 0 Å². The topological polar surface area (TPSA) is 68.3 Å². The van der Waals surface area contributed by atoms with Crippen molar-refractivity contribution in [1.82, 2.24) is 4.98 Å². The fraction of sp³-hybridized carbons (Fsp3) is 0.0833. The SMILES string of the molecule is COC(=O)c1ccc(Cl)cc1NC(=O)c1cscn1. The second kappa shape index (κ2) is 5.81. The van der Waals surface area contributed by atoms with Crippen LogP contribution in [0, 0.1) is 0 Å². The van der Waals surface area contributed by atoms with Crippen molar-refractivity contribution in [2.75, 3.05) is 12.4 Å². The van der Waals surface area contributed by atoms with Crippen molar-refractivity contribution >= 4 is 40.5 Å². The number of nitrogens with zero attached hydrogens (tertiary/aromatic N) is 1. The molecule has 1 heterocycles. The van der Waals surface area contributed by atoms with Gasteiger partial charge in [-0.2, -0.15) is 0 Å². The van der Waals surface area contributed by atoms with Crippen LogP contribution in [0.15, 0.2) is 29.1 Å². The van der Waals surface area contributed by atoms with Gasteiger partial charge in [-0.3, -0.25) is 4.79 Å². The number of ether oxygens (including phenoxy) is 1. The number of benzene rings is 1. The normalized spacial score (nSPS) is 10.0. The minimum Gasteiger partial charge on any atom is -0.465 e. The van der Waals surface area contributed by atoms with Crippen LogP contribution in [0.5, 0.6) is 0 Å². The molecule has 2 rings (SSSR count). The maximum atomic E-state index is 11.9. The third kappa shape index (κ3) is 3.10. The lowest BCUT2D eigenvalue weighted by Gasteiger charge is -2.09. The number of rotatable bonds is 3. The van der Waals surface area contributed by atoms with Gasteiger partial charge < -0.3 is 10.1 Å². The highest BCUT2D eigenvalue weighted by Crippen LogP contribution is 2.22. The molecule has 2 aromatic rings. The first-order valence-corrected chi connectivity index (χ1v) is 6.51. The van der Waals surface area contributed by atoms with Crippen LogP contribution in [0.2, 0.25) is 5.02 Å². The highest BCUT2D eigenvalue weighted by atomic mass is 35.5. The van der Waals surface area contributed by atoms with E-state index < -0.39 is 11.9 Å². The second-order valence-corrected chi connectivity index (χ2v) is 4.66. The number of esters is 1. The summed E-state index contributed by atoms with van der Waals surface area (Å²) in [6.45, 7) is 0. The molecule has 0 saturated heterocycles. The molecule has 0 bridgehead atoms. The van der Waals surface area contributed by atoms with Gasteiger partial charge in [0.2, 0.25) is 0 Å². The fourth-order valence-electron chi connectivity index (χ4n) is 1.42. The molecule has 0 unspecified atom stereocenters. The van der Waals surface area contributed by atoms with Crippen LogP contribution < -0.4 is 5.32 Å². The van der Waals surface area contributed by atoms with E-state index in [2.05, 4.69) is 15.0 Å². The van der Waals surface area contributed by atoms with E-state index in [0.29, 0.717) is 5.02 Å². The molecule has 0 aliphatic rings. The number of halogens is 1. The molecule has 7 heteroatoms. The molecule has 1 N–H and O–H groups in total. The number of carbonyl (C=O) groups is 2. The highest BCUT2D eigenvalue weighted by Gasteiger charge is 2.16. The van der Waals surface area contributed by atoms with Crippen LogP contribution in [-0.2, 0) is 4.74 Å². The van der Waals surface area contributed by atoms with Crippen molar-refractivity contribution in [2.24, 2.45) is 0 Å². The van der Waals surface area contributed by atoms with Gasteiger partial charge in [0.15, 0.2) is 0 Å². The van der Waals surface area contributed by atoms with Crippen LogP contribution >= 0.6 is 22.9 Å². The summed E-state index contributed by atoms with van der Waals surface area (Å²) in [4.78, 5) is 27.4. The van der Waals surface area contributed by atoms with E-state index in [1.807, 2.05) is 0 Å². The zero-order valence-corrected chi connectivity index (χ0v) is 11.4. The van der Waals surface area contributed by atoms with Gasteiger partial charge in [0.1, 0.15) is 5.69 Å². The Morgan fingerprint density at radius 3 is 2.84 bits per heavy atom. The number of amides is 1. The van der Waals surface area contributed by atoms with Crippen LogP contribution in [0.3, 0.4) is 0 Å². The van der Waals surface area contributed by atoms with Crippen molar-refractivity contribution < 1.29 is 14.3 Å². The first kappa shape index (κ1) is 13.5. The Labute approximate surface area is 118 Å². The van der Waals surface area contributed by atoms with Crippen molar-refractivity contribution in [2.45, 2.75) is 0 Å². The largest absolute Gasteiger partial charge is 0.465 e. The quantitative estimate of drug-likeness (QED) is 0.884. The molecule has 0 atom stereocenters. The second-order valence-electron chi connectivity index (χ2n) is 3.51. The maximum absolute atomic E-state index is 11.9. The van der Waals surface area contributed by atoms with Crippen LogP contribution in [0.1, 0.15) is 20.8 Å². The molecule has 5 nitrogen and oxygen atoms in total. The van der Waals surface area contributed by atoms with E-state index >= 15 is 0 Å². The Bertz CT molecular complexity index is 613. The Morgan fingerprint density at radius 2 is 2.21 bits per heavy atom. The van der Waals surface area contributed by atoms with Gasteiger partial charge >= 0.3 is 5.97 Å². The third-order valence-electron chi connectivity index (χ3n) is 2.30. The average molecular weight is 297 g/mol. The van der Waals surface area contributed by atoms with Crippen molar-refractivity contribution in [3.8, 4) is 0 Å². The Kier molecular flexibility index (Phi) is 4.13. The van der Waals surface area contributed by atoms with Crippen LogP contribution in [-0.4, -0.2) is 24.0 Å². The van der Waals surface area contributed by atoms with Gasteiger partial charge in [-0.05, 0) is 18.2 Å². The standard InChI is InChI=1S/C12H9ClN2O3S/c1-18-12(17)8-3-2-7(13)4-9(8)15-11(16)10-5-19-6-14-10/h2-6H,1H3,(H,15,16). The Morgan fingerprint density at radius 1 is 1.42 bits per heavy atom. The molecule has 98 valence electrons. The Hall–Kier alpha value is -1.92. The molecule has 0 spiro atoms. The summed E-state index contributed by atoms with van der Waals surface area (Å²) in [5.41, 5.74) is 2.35. The molecule has 1 aromatic heterocycles. The van der Waals surface area contributed by atoms with Crippen molar-refractivity contribution in [3.05, 3.63) is 45.4 Å². The van der Waals surface area contributed by atoms with Gasteiger partial charge in [0.05, 0.1) is 23.9 Å². The van der Waals surface area contributed by atoms with E-state index in [9.17, 15) is 9.59 Å². The van der Waals surface area contributed by atoms with E-state index in [1.54, 1.807) is 17.0 Å². The van der Waals surface area contributed by atoms with Gasteiger partial charge in [0.25, 0.3) is 5.91 Å². The smallest absolute Gasteiger partial charge is 0.339 e. The molecule has 0 radical (unpaired) electrons. The molecule has 0 saturated carbocycles. The molecular formula is C12H9ClN2O3S. The summed E-state index contributed by atoms with van der Waals surface area (Å²) in [7, 11) is 1.27. The zero-order chi connectivity index (χ0) is 13.8. The third-order valence-corrected chi connectivity index (χ3v) is 3.12. The van der Waals surface area contributed by atoms with Crippen molar-refractivity contribution in [3.63, 3.8) is 0 Å². The molecule has 0 fully saturated rings. The number of hydrogen-bond donors (Lipinski definition) is 1. The van der Waals surface area contributed by atoms with Gasteiger partial charge in [-0.1, -0.05) is 11.6 Å². The van der Waals surface area contributed by atoms with E-state index in [-0.39, 0.29) is 16.9 Å². The number of hydrogen-bond acceptors (Lipinski definition) is 5. The molecule has 0 aliphatic carbocycles. The average Bonchev–Trinajstić information content (AvgIpc) is 2.92. The van der Waals surface area contributed by atoms with Gasteiger partial charge in [0, 0.05) is 10.4 Å². The lowest BCUT2D eigenvalue weighted by Crippen LogP contribution is -2.15. The molecule has 1 aromatic carbocycles. The summed E-state index contributed by atoms with van der Waals surface area (Å²) in [6.07, 6.45) is 0. The number of methoxy groups -OCH3 is 1. The lowest BCUT2D eigenvalue weighted by atomic mass is 10.1. The summed E-state index contributed by atoms with van der Waals surface area (Å²) in [6, 6.07) is 4.52. The molecular weight excluding hydrogens is 288 g/mol.